The number of rotatable bonds is 5. The summed E-state index contributed by atoms with van der Waals surface area (Å²) < 4.78 is 10.6. The minimum Gasteiger partial charge on any atom is -0.465 e. The molecule has 2 fully saturated rings. The van der Waals surface area contributed by atoms with Gasteiger partial charge in [-0.15, -0.1) is 0 Å². The molecule has 0 spiro atoms. The molecule has 0 aromatic carbocycles. The van der Waals surface area contributed by atoms with Crippen LogP contribution in [0, 0.1) is 0 Å². The Morgan fingerprint density at radius 2 is 2.04 bits per heavy atom. The highest BCUT2D eigenvalue weighted by atomic mass is 32.2. The normalized spacial score (nSPS) is 19.8. The maximum absolute atomic E-state index is 12.3. The molecule has 0 saturated carbocycles. The molecule has 2 saturated heterocycles. The summed E-state index contributed by atoms with van der Waals surface area (Å²) in [7, 11) is 0. The van der Waals surface area contributed by atoms with Crippen molar-refractivity contribution in [1.82, 2.24) is 4.90 Å². The summed E-state index contributed by atoms with van der Waals surface area (Å²) in [6.45, 7) is 3.43. The van der Waals surface area contributed by atoms with Crippen LogP contribution in [-0.2, 0) is 14.3 Å². The van der Waals surface area contributed by atoms with Crippen LogP contribution in [0.3, 0.4) is 0 Å². The molecule has 0 N–H and O–H groups in total. The lowest BCUT2D eigenvalue weighted by Gasteiger charge is -2.25. The number of esters is 1. The fourth-order valence-electron chi connectivity index (χ4n) is 2.81. The predicted octanol–water partition coefficient (Wildman–Crippen LogP) is 2.87. The second-order valence-electron chi connectivity index (χ2n) is 5.80. The van der Waals surface area contributed by atoms with Crippen molar-refractivity contribution in [3.63, 3.8) is 0 Å². The molecule has 1 aromatic rings. The van der Waals surface area contributed by atoms with E-state index in [0.29, 0.717) is 5.76 Å². The molecular formula is C17H20N2O5S. The Balaban J connectivity index is 1.69. The molecule has 7 nitrogen and oxygen atoms in total. The van der Waals surface area contributed by atoms with Crippen molar-refractivity contribution in [2.45, 2.75) is 26.2 Å². The third-order valence-corrected chi connectivity index (χ3v) is 4.93. The van der Waals surface area contributed by atoms with Crippen molar-refractivity contribution < 1.29 is 23.5 Å². The van der Waals surface area contributed by atoms with E-state index >= 15 is 0 Å². The molecule has 25 heavy (non-hydrogen) atoms. The van der Waals surface area contributed by atoms with Gasteiger partial charge in [0.15, 0.2) is 5.88 Å². The Bertz CT molecular complexity index is 706. The molecule has 0 atom stereocenters. The smallest absolute Gasteiger partial charge is 0.326 e. The highest BCUT2D eigenvalue weighted by molar-refractivity contribution is 8.18. The molecule has 0 bridgehead atoms. The topological polar surface area (TPSA) is 80.1 Å². The number of hydrogen-bond donors (Lipinski definition) is 0. The third kappa shape index (κ3) is 4.07. The van der Waals surface area contributed by atoms with Gasteiger partial charge in [0.1, 0.15) is 12.3 Å². The monoisotopic (exact) mass is 364 g/mol. The predicted molar refractivity (Wildman–Crippen MR) is 94.1 cm³/mol. The molecular weight excluding hydrogens is 344 g/mol. The number of carbonyl (C=O) groups is 3. The maximum atomic E-state index is 12.3. The lowest BCUT2D eigenvalue weighted by Crippen LogP contribution is -2.34. The SMILES string of the molecule is CCOC(=O)CN1C(=O)SC(=Cc2ccc(N3CCCCC3)o2)C1=O. The fraction of sp³-hybridized carbons (Fsp3) is 0.471. The summed E-state index contributed by atoms with van der Waals surface area (Å²) in [5, 5.41) is -0.480. The number of amides is 2. The van der Waals surface area contributed by atoms with Gasteiger partial charge in [0.25, 0.3) is 11.1 Å². The minimum atomic E-state index is -0.601. The van der Waals surface area contributed by atoms with E-state index < -0.39 is 17.1 Å². The van der Waals surface area contributed by atoms with Gasteiger partial charge in [-0.25, -0.2) is 0 Å². The van der Waals surface area contributed by atoms with E-state index in [0.717, 1.165) is 48.5 Å². The quantitative estimate of drug-likeness (QED) is 0.587. The second-order valence-corrected chi connectivity index (χ2v) is 6.79. The number of nitrogens with zero attached hydrogens (tertiary/aromatic N) is 2. The van der Waals surface area contributed by atoms with Crippen LogP contribution >= 0.6 is 11.8 Å². The standard InChI is InChI=1S/C17H20N2O5S/c1-2-23-15(20)11-19-16(21)13(25-17(19)22)10-12-6-7-14(24-12)18-8-4-3-5-9-18/h6-7,10H,2-5,8-9,11H2,1H3. The number of hydrogen-bond acceptors (Lipinski definition) is 7. The van der Waals surface area contributed by atoms with Crippen LogP contribution in [0.2, 0.25) is 0 Å². The molecule has 8 heteroatoms. The summed E-state index contributed by atoms with van der Waals surface area (Å²) >= 11 is 0.799. The zero-order valence-corrected chi connectivity index (χ0v) is 14.8. The van der Waals surface area contributed by atoms with Gasteiger partial charge in [0.05, 0.1) is 11.5 Å². The first-order chi connectivity index (χ1) is 12.1. The first kappa shape index (κ1) is 17.6. The summed E-state index contributed by atoms with van der Waals surface area (Å²) in [4.78, 5) is 39.1. The molecule has 1 aromatic heterocycles. The zero-order chi connectivity index (χ0) is 17.8. The zero-order valence-electron chi connectivity index (χ0n) is 14.0. The van der Waals surface area contributed by atoms with E-state index in [1.54, 1.807) is 19.1 Å². The van der Waals surface area contributed by atoms with E-state index in [-0.39, 0.29) is 18.1 Å². The molecule has 2 aliphatic rings. The first-order valence-electron chi connectivity index (χ1n) is 8.34. The van der Waals surface area contributed by atoms with Crippen LogP contribution < -0.4 is 4.90 Å². The lowest BCUT2D eigenvalue weighted by molar-refractivity contribution is -0.145. The molecule has 3 rings (SSSR count). The van der Waals surface area contributed by atoms with E-state index in [2.05, 4.69) is 4.90 Å². The van der Waals surface area contributed by atoms with Crippen molar-refractivity contribution in [2.24, 2.45) is 0 Å². The number of anilines is 1. The number of furan rings is 1. The van der Waals surface area contributed by atoms with Crippen LogP contribution in [0.5, 0.6) is 0 Å². The molecule has 2 amide bonds. The molecule has 0 unspecified atom stereocenters. The number of imide groups is 1. The highest BCUT2D eigenvalue weighted by Crippen LogP contribution is 2.33. The van der Waals surface area contributed by atoms with Gasteiger partial charge in [-0.05, 0) is 44.0 Å². The number of piperidine rings is 1. The molecule has 2 aliphatic heterocycles. The first-order valence-corrected chi connectivity index (χ1v) is 9.16. The van der Waals surface area contributed by atoms with E-state index in [1.807, 2.05) is 6.07 Å². The number of ether oxygens (including phenoxy) is 1. The van der Waals surface area contributed by atoms with E-state index in [4.69, 9.17) is 9.15 Å². The molecule has 134 valence electrons. The summed E-state index contributed by atoms with van der Waals surface area (Å²) in [5.41, 5.74) is 0. The van der Waals surface area contributed by atoms with Crippen LogP contribution in [0.1, 0.15) is 31.9 Å². The summed E-state index contributed by atoms with van der Waals surface area (Å²) in [5.74, 6) is 0.189. The largest absolute Gasteiger partial charge is 0.465 e. The number of thioether (sulfide) groups is 1. The van der Waals surface area contributed by atoms with Crippen LogP contribution in [-0.4, -0.2) is 48.3 Å². The molecule has 0 radical (unpaired) electrons. The van der Waals surface area contributed by atoms with Crippen molar-refractivity contribution in [2.75, 3.05) is 31.1 Å². The maximum Gasteiger partial charge on any atom is 0.326 e. The van der Waals surface area contributed by atoms with Crippen molar-refractivity contribution in [3.8, 4) is 0 Å². The highest BCUT2D eigenvalue weighted by Gasteiger charge is 2.36. The molecule has 0 aliphatic carbocycles. The van der Waals surface area contributed by atoms with Gasteiger partial charge >= 0.3 is 5.97 Å². The van der Waals surface area contributed by atoms with Gasteiger partial charge in [0, 0.05) is 25.2 Å². The van der Waals surface area contributed by atoms with Gasteiger partial charge < -0.3 is 14.1 Å². The Labute approximate surface area is 150 Å². The van der Waals surface area contributed by atoms with Gasteiger partial charge in [-0.1, -0.05) is 0 Å². The van der Waals surface area contributed by atoms with E-state index in [1.165, 1.54) is 6.42 Å². The van der Waals surface area contributed by atoms with Crippen molar-refractivity contribution in [3.05, 3.63) is 22.8 Å². The lowest BCUT2D eigenvalue weighted by atomic mass is 10.1. The fourth-order valence-corrected chi connectivity index (χ4v) is 3.62. The van der Waals surface area contributed by atoms with Gasteiger partial charge in [-0.2, -0.15) is 0 Å². The van der Waals surface area contributed by atoms with Crippen LogP contribution in [0.4, 0.5) is 10.7 Å². The Morgan fingerprint density at radius 3 is 2.76 bits per heavy atom. The Kier molecular flexibility index (Phi) is 5.47. The van der Waals surface area contributed by atoms with Gasteiger partial charge in [-0.3, -0.25) is 19.3 Å². The number of carbonyl (C=O) groups excluding carboxylic acids is 3. The van der Waals surface area contributed by atoms with Crippen LogP contribution in [0.15, 0.2) is 21.5 Å². The average molecular weight is 364 g/mol. The average Bonchev–Trinajstić information content (AvgIpc) is 3.17. The van der Waals surface area contributed by atoms with Crippen molar-refractivity contribution in [1.29, 1.82) is 0 Å². The van der Waals surface area contributed by atoms with E-state index in [9.17, 15) is 14.4 Å². The Hall–Kier alpha value is -2.22. The Morgan fingerprint density at radius 1 is 1.28 bits per heavy atom. The third-order valence-electron chi connectivity index (χ3n) is 4.02. The van der Waals surface area contributed by atoms with Gasteiger partial charge in [0.2, 0.25) is 0 Å². The minimum absolute atomic E-state index is 0.205. The van der Waals surface area contributed by atoms with Crippen molar-refractivity contribution >= 4 is 40.8 Å². The summed E-state index contributed by atoms with van der Waals surface area (Å²) in [6, 6.07) is 3.66. The summed E-state index contributed by atoms with van der Waals surface area (Å²) in [6.07, 6.45) is 5.06. The van der Waals surface area contributed by atoms with Crippen LogP contribution in [0.25, 0.3) is 6.08 Å². The molecule has 3 heterocycles. The second kappa shape index (κ2) is 7.77.